The van der Waals surface area contributed by atoms with E-state index in [4.69, 9.17) is 16.3 Å². The van der Waals surface area contributed by atoms with Crippen molar-refractivity contribution < 1.29 is 18.1 Å². The fraction of sp³-hybridized carbons (Fsp3) is 0.0769. The van der Waals surface area contributed by atoms with Crippen LogP contribution in [0.3, 0.4) is 0 Å². The van der Waals surface area contributed by atoms with Crippen LogP contribution in [0.1, 0.15) is 0 Å². The van der Waals surface area contributed by atoms with E-state index >= 15 is 0 Å². The first kappa shape index (κ1) is 16.1. The molecule has 0 heterocycles. The first-order chi connectivity index (χ1) is 10.3. The Morgan fingerprint density at radius 2 is 1.91 bits per heavy atom. The molecule has 0 spiro atoms. The lowest BCUT2D eigenvalue weighted by molar-refractivity contribution is -0.387. The third-order valence-corrected chi connectivity index (χ3v) is 4.27. The van der Waals surface area contributed by atoms with E-state index < -0.39 is 25.5 Å². The summed E-state index contributed by atoms with van der Waals surface area (Å²) in [6.45, 7) is 0. The molecule has 0 saturated heterocycles. The predicted molar refractivity (Wildman–Crippen MR) is 81.3 cm³/mol. The highest BCUT2D eigenvalue weighted by Gasteiger charge is 2.19. The van der Waals surface area contributed by atoms with Crippen LogP contribution in [-0.2, 0) is 10.0 Å². The van der Waals surface area contributed by atoms with Gasteiger partial charge < -0.3 is 9.46 Å². The lowest BCUT2D eigenvalue weighted by Crippen LogP contribution is -2.03. The standard InChI is InChI=1S/C13H10ClN2O5S/c1-21-12-7-6-9(14)8-10(12)15-22(19,20)13-5-3-2-4-11(13)16(17)18/h2-8H,1H3/q-1. The molecule has 2 aromatic carbocycles. The van der Waals surface area contributed by atoms with Gasteiger partial charge in [0, 0.05) is 11.1 Å². The van der Waals surface area contributed by atoms with Crippen molar-refractivity contribution in [2.45, 2.75) is 4.90 Å². The second-order valence-corrected chi connectivity index (χ2v) is 6.12. The molecule has 0 fully saturated rings. The van der Waals surface area contributed by atoms with Crippen LogP contribution in [0.2, 0.25) is 5.02 Å². The van der Waals surface area contributed by atoms with Crippen LogP contribution in [0.15, 0.2) is 47.4 Å². The molecule has 0 aliphatic rings. The highest BCUT2D eigenvalue weighted by atomic mass is 35.5. The second kappa shape index (κ2) is 6.20. The Hall–Kier alpha value is -2.32. The Balaban J connectivity index is 2.50. The van der Waals surface area contributed by atoms with Crippen molar-refractivity contribution in [3.8, 4) is 5.75 Å². The molecular formula is C13H10ClN2O5S-. The van der Waals surface area contributed by atoms with Crippen LogP contribution in [0.4, 0.5) is 11.4 Å². The van der Waals surface area contributed by atoms with Gasteiger partial charge in [0.15, 0.2) is 0 Å². The number of halogens is 1. The van der Waals surface area contributed by atoms with E-state index in [0.717, 1.165) is 12.1 Å². The summed E-state index contributed by atoms with van der Waals surface area (Å²) in [5, 5.41) is 11.2. The third-order valence-electron chi connectivity index (χ3n) is 2.70. The first-order valence-electron chi connectivity index (χ1n) is 5.90. The number of nitro benzene ring substituents is 1. The Bertz CT molecular complexity index is 823. The van der Waals surface area contributed by atoms with E-state index in [-0.39, 0.29) is 16.5 Å². The zero-order valence-corrected chi connectivity index (χ0v) is 12.8. The smallest absolute Gasteiger partial charge is 0.286 e. The third kappa shape index (κ3) is 3.29. The second-order valence-electron chi connectivity index (χ2n) is 4.11. The molecule has 22 heavy (non-hydrogen) atoms. The molecule has 0 bridgehead atoms. The largest absolute Gasteiger partial charge is 0.569 e. The van der Waals surface area contributed by atoms with Crippen molar-refractivity contribution in [2.24, 2.45) is 0 Å². The van der Waals surface area contributed by atoms with Gasteiger partial charge in [0.2, 0.25) is 0 Å². The zero-order chi connectivity index (χ0) is 16.3. The minimum absolute atomic E-state index is 0.0341. The Morgan fingerprint density at radius 3 is 2.55 bits per heavy atom. The summed E-state index contributed by atoms with van der Waals surface area (Å²) in [6, 6.07) is 9.23. The van der Waals surface area contributed by atoms with Gasteiger partial charge in [-0.15, -0.1) is 0 Å². The highest BCUT2D eigenvalue weighted by Crippen LogP contribution is 2.39. The number of hydrogen-bond acceptors (Lipinski definition) is 5. The van der Waals surface area contributed by atoms with Gasteiger partial charge in [-0.3, -0.25) is 10.1 Å². The maximum atomic E-state index is 12.3. The summed E-state index contributed by atoms with van der Waals surface area (Å²) in [7, 11) is -2.95. The van der Waals surface area contributed by atoms with Crippen molar-refractivity contribution >= 4 is 33.0 Å². The number of benzene rings is 2. The normalized spacial score (nSPS) is 11.0. The van der Waals surface area contributed by atoms with E-state index in [0.29, 0.717) is 0 Å². The van der Waals surface area contributed by atoms with Gasteiger partial charge in [-0.1, -0.05) is 35.5 Å². The van der Waals surface area contributed by atoms with Gasteiger partial charge in [0.25, 0.3) is 5.69 Å². The van der Waals surface area contributed by atoms with Crippen molar-refractivity contribution in [1.29, 1.82) is 0 Å². The quantitative estimate of drug-likeness (QED) is 0.610. The molecule has 0 atom stereocenters. The van der Waals surface area contributed by atoms with Gasteiger partial charge in [-0.25, -0.2) is 8.42 Å². The molecule has 0 N–H and O–H groups in total. The lowest BCUT2D eigenvalue weighted by Gasteiger charge is -2.24. The van der Waals surface area contributed by atoms with Crippen LogP contribution >= 0.6 is 11.6 Å². The summed E-state index contributed by atoms with van der Waals surface area (Å²) < 4.78 is 33.3. The molecule has 116 valence electrons. The molecule has 0 saturated carbocycles. The molecule has 9 heteroatoms. The van der Waals surface area contributed by atoms with Gasteiger partial charge in [0.1, 0.15) is 20.7 Å². The Morgan fingerprint density at radius 1 is 1.23 bits per heavy atom. The highest BCUT2D eigenvalue weighted by molar-refractivity contribution is 7.94. The van der Waals surface area contributed by atoms with Gasteiger partial charge in [0.05, 0.1) is 12.0 Å². The van der Waals surface area contributed by atoms with E-state index in [1.165, 1.54) is 37.4 Å². The molecular weight excluding hydrogens is 332 g/mol. The van der Waals surface area contributed by atoms with Crippen LogP contribution < -0.4 is 4.74 Å². The summed E-state index contributed by atoms with van der Waals surface area (Å²) in [6.07, 6.45) is 0. The molecule has 0 amide bonds. The monoisotopic (exact) mass is 341 g/mol. The van der Waals surface area contributed by atoms with Crippen molar-refractivity contribution in [2.75, 3.05) is 7.11 Å². The zero-order valence-electron chi connectivity index (χ0n) is 11.3. The van der Waals surface area contributed by atoms with Crippen LogP contribution in [0, 0.1) is 10.1 Å². The predicted octanol–water partition coefficient (Wildman–Crippen LogP) is 3.65. The van der Waals surface area contributed by atoms with Crippen LogP contribution in [0.5, 0.6) is 5.75 Å². The van der Waals surface area contributed by atoms with Gasteiger partial charge in [-0.2, -0.15) is 0 Å². The average Bonchev–Trinajstić information content (AvgIpc) is 2.47. The summed E-state index contributed by atoms with van der Waals surface area (Å²) >= 11 is 5.81. The van der Waals surface area contributed by atoms with E-state index in [1.54, 1.807) is 0 Å². The Labute approximate surface area is 131 Å². The topological polar surface area (TPSA) is 101 Å². The fourth-order valence-electron chi connectivity index (χ4n) is 1.74. The number of nitro groups is 1. The van der Waals surface area contributed by atoms with Gasteiger partial charge in [-0.05, 0) is 18.2 Å². The molecule has 0 aliphatic carbocycles. The van der Waals surface area contributed by atoms with Crippen molar-refractivity contribution in [3.63, 3.8) is 0 Å². The average molecular weight is 342 g/mol. The van der Waals surface area contributed by atoms with Crippen LogP contribution in [0.25, 0.3) is 4.72 Å². The van der Waals surface area contributed by atoms with E-state index in [2.05, 4.69) is 4.72 Å². The fourth-order valence-corrected chi connectivity index (χ4v) is 3.06. The minimum Gasteiger partial charge on any atom is -0.569 e. The number of ether oxygens (including phenoxy) is 1. The van der Waals surface area contributed by atoms with Gasteiger partial charge >= 0.3 is 0 Å². The summed E-state index contributed by atoms with van der Waals surface area (Å²) in [4.78, 5) is 9.67. The maximum Gasteiger partial charge on any atom is 0.286 e. The lowest BCUT2D eigenvalue weighted by atomic mass is 10.3. The number of sulfonamides is 1. The van der Waals surface area contributed by atoms with Crippen molar-refractivity contribution in [3.05, 3.63) is 62.3 Å². The molecule has 0 unspecified atom stereocenters. The SMILES string of the molecule is COc1ccc(Cl)cc1[N-]S(=O)(=O)c1ccccc1[N+](=O)[O-]. The summed E-state index contributed by atoms with van der Waals surface area (Å²) in [5.41, 5.74) is -0.583. The molecule has 2 rings (SSSR count). The number of para-hydroxylation sites is 1. The summed E-state index contributed by atoms with van der Waals surface area (Å²) in [5.74, 6) is 0.187. The number of rotatable bonds is 5. The molecule has 2 aromatic rings. The van der Waals surface area contributed by atoms with E-state index in [9.17, 15) is 18.5 Å². The first-order valence-corrected chi connectivity index (χ1v) is 7.72. The van der Waals surface area contributed by atoms with Crippen molar-refractivity contribution in [1.82, 2.24) is 0 Å². The number of methoxy groups -OCH3 is 1. The molecule has 0 aliphatic heterocycles. The van der Waals surface area contributed by atoms with E-state index in [1.807, 2.05) is 0 Å². The maximum absolute atomic E-state index is 12.3. The molecule has 0 radical (unpaired) electrons. The Kier molecular flexibility index (Phi) is 4.53. The minimum atomic E-state index is -4.29. The molecule has 0 aromatic heterocycles. The number of hydrogen-bond donors (Lipinski definition) is 0. The number of nitrogens with zero attached hydrogens (tertiary/aromatic N) is 2. The van der Waals surface area contributed by atoms with Crippen LogP contribution in [-0.4, -0.2) is 20.5 Å². The molecule has 7 nitrogen and oxygen atoms in total.